The molecule has 1 aromatic heterocycles. The van der Waals surface area contributed by atoms with Crippen molar-refractivity contribution in [3.05, 3.63) is 78.1 Å². The number of hydrogen-bond donors (Lipinski definition) is 1. The van der Waals surface area contributed by atoms with Crippen LogP contribution in [0.2, 0.25) is 0 Å². The molecule has 1 atom stereocenters. The molecule has 0 saturated carbocycles. The Bertz CT molecular complexity index is 964. The van der Waals surface area contributed by atoms with Gasteiger partial charge in [0, 0.05) is 18.4 Å². The molecule has 2 aromatic carbocycles. The molecule has 1 aliphatic rings. The number of aryl methyl sites for hydroxylation is 1. The summed E-state index contributed by atoms with van der Waals surface area (Å²) in [5.74, 6) is 0. The molecule has 25 heavy (non-hydrogen) atoms. The highest BCUT2D eigenvalue weighted by Crippen LogP contribution is 2.30. The van der Waals surface area contributed by atoms with Gasteiger partial charge in [-0.05, 0) is 60.7 Å². The normalized spacial score (nSPS) is 17.2. The fraction of sp³-hybridized carbons (Fsp3) is 0.211. The SMILES string of the molecule is O=S(=O)(N[C@@H]1CCCc2ccccc21)c1ccc(-n2cccn2)cc1. The van der Waals surface area contributed by atoms with E-state index in [1.54, 1.807) is 35.1 Å². The Labute approximate surface area is 147 Å². The Morgan fingerprint density at radius 3 is 2.60 bits per heavy atom. The van der Waals surface area contributed by atoms with Crippen LogP contribution >= 0.6 is 0 Å². The van der Waals surface area contributed by atoms with Gasteiger partial charge in [0.15, 0.2) is 0 Å². The second kappa shape index (κ2) is 6.46. The van der Waals surface area contributed by atoms with Crippen LogP contribution in [0.25, 0.3) is 5.69 Å². The molecule has 0 radical (unpaired) electrons. The number of hydrogen-bond acceptors (Lipinski definition) is 3. The molecule has 5 nitrogen and oxygen atoms in total. The van der Waals surface area contributed by atoms with Crippen molar-refractivity contribution in [1.82, 2.24) is 14.5 Å². The first-order chi connectivity index (χ1) is 12.1. The molecule has 0 fully saturated rings. The largest absolute Gasteiger partial charge is 0.241 e. The molecule has 128 valence electrons. The van der Waals surface area contributed by atoms with E-state index in [1.807, 2.05) is 30.5 Å². The topological polar surface area (TPSA) is 64.0 Å². The van der Waals surface area contributed by atoms with Crippen LogP contribution in [0.5, 0.6) is 0 Å². The number of nitrogens with zero attached hydrogens (tertiary/aromatic N) is 2. The molecule has 1 aliphatic carbocycles. The third-order valence-corrected chi connectivity index (χ3v) is 6.07. The van der Waals surface area contributed by atoms with E-state index in [0.717, 1.165) is 30.5 Å². The molecular weight excluding hydrogens is 334 g/mol. The number of nitrogens with one attached hydrogen (secondary N) is 1. The van der Waals surface area contributed by atoms with E-state index in [4.69, 9.17) is 0 Å². The van der Waals surface area contributed by atoms with Crippen LogP contribution < -0.4 is 4.72 Å². The third kappa shape index (κ3) is 3.23. The van der Waals surface area contributed by atoms with E-state index in [-0.39, 0.29) is 10.9 Å². The maximum atomic E-state index is 12.8. The Balaban J connectivity index is 1.58. The quantitative estimate of drug-likeness (QED) is 0.783. The van der Waals surface area contributed by atoms with Crippen LogP contribution in [-0.2, 0) is 16.4 Å². The highest BCUT2D eigenvalue weighted by Gasteiger charge is 2.25. The van der Waals surface area contributed by atoms with Crippen molar-refractivity contribution >= 4 is 10.0 Å². The van der Waals surface area contributed by atoms with Crippen molar-refractivity contribution in [2.75, 3.05) is 0 Å². The summed E-state index contributed by atoms with van der Waals surface area (Å²) in [6, 6.07) is 16.5. The molecule has 3 aromatic rings. The minimum absolute atomic E-state index is 0.166. The summed E-state index contributed by atoms with van der Waals surface area (Å²) in [5, 5.41) is 4.15. The summed E-state index contributed by atoms with van der Waals surface area (Å²) >= 11 is 0. The first-order valence-electron chi connectivity index (χ1n) is 8.34. The van der Waals surface area contributed by atoms with Crippen molar-refractivity contribution in [3.63, 3.8) is 0 Å². The van der Waals surface area contributed by atoms with Crippen molar-refractivity contribution in [3.8, 4) is 5.69 Å². The Kier molecular flexibility index (Phi) is 4.15. The predicted molar refractivity (Wildman–Crippen MR) is 96.0 cm³/mol. The smallest absolute Gasteiger partial charge is 0.241 e. The number of aromatic nitrogens is 2. The van der Waals surface area contributed by atoms with E-state index >= 15 is 0 Å². The number of sulfonamides is 1. The lowest BCUT2D eigenvalue weighted by Gasteiger charge is -2.26. The molecule has 6 heteroatoms. The molecule has 1 heterocycles. The van der Waals surface area contributed by atoms with Crippen molar-refractivity contribution in [1.29, 1.82) is 0 Å². The van der Waals surface area contributed by atoms with E-state index in [9.17, 15) is 8.42 Å². The molecule has 0 spiro atoms. The third-order valence-electron chi connectivity index (χ3n) is 4.58. The van der Waals surface area contributed by atoms with Gasteiger partial charge in [0.2, 0.25) is 10.0 Å². The predicted octanol–water partition coefficient (Wildman–Crippen LogP) is 3.23. The maximum Gasteiger partial charge on any atom is 0.241 e. The van der Waals surface area contributed by atoms with Crippen molar-refractivity contribution in [2.45, 2.75) is 30.2 Å². The van der Waals surface area contributed by atoms with Crippen LogP contribution in [0, 0.1) is 0 Å². The second-order valence-corrected chi connectivity index (χ2v) is 7.92. The minimum Gasteiger partial charge on any atom is -0.241 e. The monoisotopic (exact) mass is 353 g/mol. The molecular formula is C19H19N3O2S. The molecule has 0 bridgehead atoms. The van der Waals surface area contributed by atoms with Gasteiger partial charge in [-0.3, -0.25) is 0 Å². The summed E-state index contributed by atoms with van der Waals surface area (Å²) < 4.78 is 30.1. The van der Waals surface area contributed by atoms with Crippen LogP contribution in [-0.4, -0.2) is 18.2 Å². The zero-order chi connectivity index (χ0) is 17.3. The first-order valence-corrected chi connectivity index (χ1v) is 9.82. The van der Waals surface area contributed by atoms with Crippen LogP contribution in [0.1, 0.15) is 30.0 Å². The number of benzene rings is 2. The van der Waals surface area contributed by atoms with Crippen LogP contribution in [0.4, 0.5) is 0 Å². The van der Waals surface area contributed by atoms with Crippen molar-refractivity contribution < 1.29 is 8.42 Å². The van der Waals surface area contributed by atoms with Crippen LogP contribution in [0.15, 0.2) is 71.9 Å². The highest BCUT2D eigenvalue weighted by molar-refractivity contribution is 7.89. The summed E-state index contributed by atoms with van der Waals surface area (Å²) in [6.45, 7) is 0. The van der Waals surface area contributed by atoms with Crippen LogP contribution in [0.3, 0.4) is 0 Å². The zero-order valence-electron chi connectivity index (χ0n) is 13.7. The van der Waals surface area contributed by atoms with E-state index in [0.29, 0.717) is 0 Å². The van der Waals surface area contributed by atoms with Gasteiger partial charge in [-0.15, -0.1) is 0 Å². The van der Waals surface area contributed by atoms with E-state index < -0.39 is 10.0 Å². The Morgan fingerprint density at radius 1 is 1.04 bits per heavy atom. The minimum atomic E-state index is -3.57. The second-order valence-electron chi connectivity index (χ2n) is 6.21. The van der Waals surface area contributed by atoms with Gasteiger partial charge in [0.25, 0.3) is 0 Å². The summed E-state index contributed by atoms with van der Waals surface area (Å²) in [5.41, 5.74) is 3.15. The lowest BCUT2D eigenvalue weighted by Crippen LogP contribution is -2.31. The van der Waals surface area contributed by atoms with Gasteiger partial charge in [0.05, 0.1) is 10.6 Å². The van der Waals surface area contributed by atoms with E-state index in [1.165, 1.54) is 5.56 Å². The first kappa shape index (κ1) is 16.1. The lowest BCUT2D eigenvalue weighted by molar-refractivity contribution is 0.507. The molecule has 4 rings (SSSR count). The molecule has 1 N–H and O–H groups in total. The average Bonchev–Trinajstić information content (AvgIpc) is 3.17. The van der Waals surface area contributed by atoms with Gasteiger partial charge in [-0.1, -0.05) is 24.3 Å². The van der Waals surface area contributed by atoms with E-state index in [2.05, 4.69) is 15.9 Å². The standard InChI is InChI=1S/C19H19N3O2S/c23-25(24,17-11-9-16(10-12-17)22-14-4-13-20-22)21-19-8-3-6-15-5-1-2-7-18(15)19/h1-2,4-5,7,9-14,19,21H,3,6,8H2/t19-/m1/s1. The Morgan fingerprint density at radius 2 is 1.84 bits per heavy atom. The Hall–Kier alpha value is -2.44. The van der Waals surface area contributed by atoms with Crippen molar-refractivity contribution in [2.24, 2.45) is 0 Å². The fourth-order valence-electron chi connectivity index (χ4n) is 3.33. The summed E-state index contributed by atoms with van der Waals surface area (Å²) in [7, 11) is -3.57. The molecule has 0 aliphatic heterocycles. The summed E-state index contributed by atoms with van der Waals surface area (Å²) in [4.78, 5) is 0.270. The maximum absolute atomic E-state index is 12.8. The molecule has 0 amide bonds. The molecule has 0 saturated heterocycles. The van der Waals surface area contributed by atoms with Gasteiger partial charge in [-0.2, -0.15) is 5.10 Å². The fourth-order valence-corrected chi connectivity index (χ4v) is 4.58. The van der Waals surface area contributed by atoms with Gasteiger partial charge in [0.1, 0.15) is 0 Å². The number of rotatable bonds is 4. The highest BCUT2D eigenvalue weighted by atomic mass is 32.2. The van der Waals surface area contributed by atoms with Gasteiger partial charge >= 0.3 is 0 Å². The zero-order valence-corrected chi connectivity index (χ0v) is 14.5. The van der Waals surface area contributed by atoms with Gasteiger partial charge < -0.3 is 0 Å². The lowest BCUT2D eigenvalue weighted by atomic mass is 9.88. The number of fused-ring (bicyclic) bond motifs is 1. The molecule has 0 unspecified atom stereocenters. The van der Waals surface area contributed by atoms with Gasteiger partial charge in [-0.25, -0.2) is 17.8 Å². The average molecular weight is 353 g/mol. The summed E-state index contributed by atoms with van der Waals surface area (Å²) in [6.07, 6.45) is 6.32.